The fourth-order valence-corrected chi connectivity index (χ4v) is 3.59. The van der Waals surface area contributed by atoms with Gasteiger partial charge in [-0.2, -0.15) is 0 Å². The Bertz CT molecular complexity index is 892. The molecule has 0 aliphatic heterocycles. The summed E-state index contributed by atoms with van der Waals surface area (Å²) in [5.41, 5.74) is 2.97. The van der Waals surface area contributed by atoms with Gasteiger partial charge in [0, 0.05) is 29.3 Å². The molecule has 1 unspecified atom stereocenters. The molecule has 6 heteroatoms. The van der Waals surface area contributed by atoms with E-state index in [1.54, 1.807) is 6.20 Å². The number of aromatic nitrogens is 1. The summed E-state index contributed by atoms with van der Waals surface area (Å²) in [7, 11) is 0. The number of rotatable bonds is 8. The monoisotopic (exact) mass is 368 g/mol. The molecule has 1 amide bonds. The average Bonchev–Trinajstić information content (AvgIpc) is 3.05. The third-order valence-corrected chi connectivity index (χ3v) is 5.08. The number of para-hydroxylation sites is 1. The number of aliphatic carboxylic acids is 1. The molecule has 0 aliphatic carbocycles. The zero-order chi connectivity index (χ0) is 18.4. The standard InChI is InChI=1S/C20H20N2O3S/c23-19(13-26-12-14-6-2-1-3-7-14)22-18(20(24)25)10-15-11-21-17-9-5-4-8-16(15)17/h1-9,11,18,21H,10,12-13H2,(H,22,23)(H,24,25). The highest BCUT2D eigenvalue weighted by Crippen LogP contribution is 2.19. The summed E-state index contributed by atoms with van der Waals surface area (Å²) in [6.45, 7) is 0. The van der Waals surface area contributed by atoms with E-state index >= 15 is 0 Å². The molecule has 1 atom stereocenters. The van der Waals surface area contributed by atoms with Crippen molar-refractivity contribution in [2.24, 2.45) is 0 Å². The number of fused-ring (bicyclic) bond motifs is 1. The van der Waals surface area contributed by atoms with Gasteiger partial charge >= 0.3 is 5.97 Å². The van der Waals surface area contributed by atoms with Gasteiger partial charge in [-0.05, 0) is 17.2 Å². The summed E-state index contributed by atoms with van der Waals surface area (Å²) < 4.78 is 0. The van der Waals surface area contributed by atoms with Gasteiger partial charge in [0.2, 0.25) is 5.91 Å². The summed E-state index contributed by atoms with van der Waals surface area (Å²) in [5.74, 6) is -0.351. The Morgan fingerprint density at radius 1 is 1.08 bits per heavy atom. The second-order valence-electron chi connectivity index (χ2n) is 6.00. The second kappa shape index (κ2) is 8.58. The Balaban J connectivity index is 1.56. The van der Waals surface area contributed by atoms with Crippen LogP contribution in [0.1, 0.15) is 11.1 Å². The molecule has 134 valence electrons. The van der Waals surface area contributed by atoms with Crippen LogP contribution in [0.4, 0.5) is 0 Å². The molecule has 0 saturated carbocycles. The smallest absolute Gasteiger partial charge is 0.326 e. The molecule has 3 N–H and O–H groups in total. The number of hydrogen-bond donors (Lipinski definition) is 3. The Morgan fingerprint density at radius 2 is 1.81 bits per heavy atom. The molecule has 1 aromatic heterocycles. The molecule has 3 rings (SSSR count). The highest BCUT2D eigenvalue weighted by molar-refractivity contribution is 7.99. The molecular weight excluding hydrogens is 348 g/mol. The van der Waals surface area contributed by atoms with E-state index in [1.165, 1.54) is 11.8 Å². The van der Waals surface area contributed by atoms with Gasteiger partial charge in [-0.1, -0.05) is 48.5 Å². The largest absolute Gasteiger partial charge is 0.480 e. The lowest BCUT2D eigenvalue weighted by atomic mass is 10.1. The van der Waals surface area contributed by atoms with E-state index in [0.717, 1.165) is 22.0 Å². The molecule has 5 nitrogen and oxygen atoms in total. The fourth-order valence-electron chi connectivity index (χ4n) is 2.79. The molecule has 0 radical (unpaired) electrons. The van der Waals surface area contributed by atoms with E-state index in [4.69, 9.17) is 0 Å². The minimum atomic E-state index is -1.03. The van der Waals surface area contributed by atoms with E-state index in [0.29, 0.717) is 5.75 Å². The fraction of sp³-hybridized carbons (Fsp3) is 0.200. The van der Waals surface area contributed by atoms with E-state index in [1.807, 2.05) is 54.6 Å². The molecule has 0 saturated heterocycles. The molecule has 26 heavy (non-hydrogen) atoms. The predicted octanol–water partition coefficient (Wildman–Crippen LogP) is 3.21. The molecule has 0 bridgehead atoms. The lowest BCUT2D eigenvalue weighted by Gasteiger charge is -2.14. The number of carbonyl (C=O) groups is 2. The van der Waals surface area contributed by atoms with Crippen LogP contribution >= 0.6 is 11.8 Å². The van der Waals surface area contributed by atoms with Crippen LogP contribution in [0, 0.1) is 0 Å². The van der Waals surface area contributed by atoms with Gasteiger partial charge in [0.1, 0.15) is 6.04 Å². The van der Waals surface area contributed by atoms with E-state index in [2.05, 4.69) is 10.3 Å². The van der Waals surface area contributed by atoms with Crippen LogP contribution in [0.5, 0.6) is 0 Å². The van der Waals surface area contributed by atoms with Crippen LogP contribution in [0.15, 0.2) is 60.8 Å². The first-order valence-corrected chi connectivity index (χ1v) is 9.48. The van der Waals surface area contributed by atoms with Crippen LogP contribution in [-0.2, 0) is 21.8 Å². The van der Waals surface area contributed by atoms with E-state index in [9.17, 15) is 14.7 Å². The highest BCUT2D eigenvalue weighted by atomic mass is 32.2. The van der Waals surface area contributed by atoms with Crippen LogP contribution in [0.25, 0.3) is 10.9 Å². The van der Waals surface area contributed by atoms with Crippen LogP contribution in [0.3, 0.4) is 0 Å². The molecule has 0 spiro atoms. The van der Waals surface area contributed by atoms with Gasteiger partial charge < -0.3 is 15.4 Å². The van der Waals surface area contributed by atoms with Crippen LogP contribution in [0.2, 0.25) is 0 Å². The SMILES string of the molecule is O=C(CSCc1ccccc1)NC(Cc1c[nH]c2ccccc12)C(=O)O. The normalized spacial score (nSPS) is 12.0. The number of thioether (sulfide) groups is 1. The molecule has 1 heterocycles. The zero-order valence-electron chi connectivity index (χ0n) is 14.1. The van der Waals surface area contributed by atoms with Crippen molar-refractivity contribution in [2.45, 2.75) is 18.2 Å². The average molecular weight is 368 g/mol. The number of H-pyrrole nitrogens is 1. The number of nitrogens with one attached hydrogen (secondary N) is 2. The van der Waals surface area contributed by atoms with Crippen molar-refractivity contribution in [1.82, 2.24) is 10.3 Å². The van der Waals surface area contributed by atoms with Crippen molar-refractivity contribution in [3.05, 3.63) is 71.9 Å². The van der Waals surface area contributed by atoms with Crippen LogP contribution in [-0.4, -0.2) is 33.8 Å². The summed E-state index contributed by atoms with van der Waals surface area (Å²) >= 11 is 1.47. The zero-order valence-corrected chi connectivity index (χ0v) is 15.0. The van der Waals surface area contributed by atoms with Crippen molar-refractivity contribution in [2.75, 3.05) is 5.75 Å². The minimum absolute atomic E-state index is 0.229. The summed E-state index contributed by atoms with van der Waals surface area (Å²) in [5, 5.41) is 13.1. The topological polar surface area (TPSA) is 82.2 Å². The van der Waals surface area contributed by atoms with Crippen molar-refractivity contribution in [3.8, 4) is 0 Å². The van der Waals surface area contributed by atoms with Gasteiger partial charge in [-0.25, -0.2) is 4.79 Å². The van der Waals surface area contributed by atoms with E-state index in [-0.39, 0.29) is 18.1 Å². The first kappa shape index (κ1) is 18.1. The Kier molecular flexibility index (Phi) is 5.96. The number of aromatic amines is 1. The number of carboxylic acid groups (broad SMARTS) is 1. The maximum absolute atomic E-state index is 12.1. The highest BCUT2D eigenvalue weighted by Gasteiger charge is 2.21. The first-order valence-electron chi connectivity index (χ1n) is 8.32. The molecular formula is C20H20N2O3S. The van der Waals surface area contributed by atoms with Gasteiger partial charge in [0.15, 0.2) is 0 Å². The molecule has 3 aromatic rings. The third kappa shape index (κ3) is 4.67. The van der Waals surface area contributed by atoms with Crippen molar-refractivity contribution >= 4 is 34.5 Å². The molecule has 0 fully saturated rings. The van der Waals surface area contributed by atoms with Gasteiger partial charge in [0.05, 0.1) is 5.75 Å². The number of carbonyl (C=O) groups excluding carboxylic acids is 1. The van der Waals surface area contributed by atoms with Gasteiger partial charge in [-0.3, -0.25) is 4.79 Å². The molecule has 0 aliphatic rings. The van der Waals surface area contributed by atoms with Gasteiger partial charge in [-0.15, -0.1) is 11.8 Å². The molecule has 2 aromatic carbocycles. The lowest BCUT2D eigenvalue weighted by molar-refractivity contribution is -0.141. The maximum Gasteiger partial charge on any atom is 0.326 e. The Labute approximate surface area is 155 Å². The van der Waals surface area contributed by atoms with Gasteiger partial charge in [0.25, 0.3) is 0 Å². The van der Waals surface area contributed by atoms with Crippen LogP contribution < -0.4 is 5.32 Å². The summed E-state index contributed by atoms with van der Waals surface area (Å²) in [6, 6.07) is 16.6. The summed E-state index contributed by atoms with van der Waals surface area (Å²) in [6.07, 6.45) is 2.05. The number of hydrogen-bond acceptors (Lipinski definition) is 3. The maximum atomic E-state index is 12.1. The lowest BCUT2D eigenvalue weighted by Crippen LogP contribution is -2.43. The Hall–Kier alpha value is -2.73. The minimum Gasteiger partial charge on any atom is -0.480 e. The van der Waals surface area contributed by atoms with Crippen molar-refractivity contribution < 1.29 is 14.7 Å². The first-order chi connectivity index (χ1) is 12.6. The summed E-state index contributed by atoms with van der Waals surface area (Å²) in [4.78, 5) is 26.8. The Morgan fingerprint density at radius 3 is 2.58 bits per heavy atom. The number of benzene rings is 2. The number of carboxylic acids is 1. The second-order valence-corrected chi connectivity index (χ2v) is 6.99. The quantitative estimate of drug-likeness (QED) is 0.570. The third-order valence-electron chi connectivity index (χ3n) is 4.08. The predicted molar refractivity (Wildman–Crippen MR) is 104 cm³/mol. The van der Waals surface area contributed by atoms with E-state index < -0.39 is 12.0 Å². The van der Waals surface area contributed by atoms with Crippen molar-refractivity contribution in [1.29, 1.82) is 0 Å². The number of amides is 1. The van der Waals surface area contributed by atoms with Crippen molar-refractivity contribution in [3.63, 3.8) is 0 Å².